The van der Waals surface area contributed by atoms with Crippen molar-refractivity contribution in [1.82, 2.24) is 14.8 Å². The van der Waals surface area contributed by atoms with Crippen LogP contribution in [0.4, 0.5) is 0 Å². The third kappa shape index (κ3) is 3.93. The van der Waals surface area contributed by atoms with Crippen molar-refractivity contribution in [3.05, 3.63) is 75.7 Å². The van der Waals surface area contributed by atoms with Gasteiger partial charge in [0, 0.05) is 11.4 Å². The molecule has 0 aliphatic rings. The molecule has 0 aliphatic carbocycles. The maximum Gasteiger partial charge on any atom is 0.282 e. The highest BCUT2D eigenvalue weighted by Gasteiger charge is 2.19. The maximum absolute atomic E-state index is 13.3. The standard InChI is InChI=1S/C23H24N4O2S/c1-4-7-19-21(15(2)24-14-16-10-12-17(29-3)13-11-16)22(28)27(26-19)23-25-18-8-5-6-9-20(18)30-23/h5-6,8-13,26H,4,7,14H2,1-3H3. The van der Waals surface area contributed by atoms with Crippen LogP contribution in [0.3, 0.4) is 0 Å². The number of rotatable bonds is 7. The number of thiazole rings is 1. The van der Waals surface area contributed by atoms with E-state index in [2.05, 4.69) is 17.0 Å². The molecule has 6 nitrogen and oxygen atoms in total. The van der Waals surface area contributed by atoms with Crippen molar-refractivity contribution in [1.29, 1.82) is 0 Å². The average Bonchev–Trinajstić information content (AvgIpc) is 3.33. The normalized spacial score (nSPS) is 11.9. The number of aromatic nitrogens is 3. The van der Waals surface area contributed by atoms with Crippen molar-refractivity contribution >= 4 is 27.3 Å². The Morgan fingerprint density at radius 1 is 1.20 bits per heavy atom. The predicted octanol–water partition coefficient (Wildman–Crippen LogP) is 4.75. The molecule has 2 heterocycles. The van der Waals surface area contributed by atoms with Gasteiger partial charge in [-0.3, -0.25) is 14.9 Å². The first-order valence-corrected chi connectivity index (χ1v) is 10.8. The topological polar surface area (TPSA) is 72.3 Å². The number of aliphatic imine (C=N–C) groups is 1. The number of aryl methyl sites for hydroxylation is 1. The number of H-pyrrole nitrogens is 1. The van der Waals surface area contributed by atoms with E-state index < -0.39 is 0 Å². The molecule has 30 heavy (non-hydrogen) atoms. The minimum absolute atomic E-state index is 0.103. The van der Waals surface area contributed by atoms with E-state index in [0.29, 0.717) is 17.2 Å². The number of nitrogens with one attached hydrogen (secondary N) is 1. The lowest BCUT2D eigenvalue weighted by Crippen LogP contribution is -2.19. The highest BCUT2D eigenvalue weighted by atomic mass is 32.1. The van der Waals surface area contributed by atoms with E-state index in [1.807, 2.05) is 55.5 Å². The van der Waals surface area contributed by atoms with Crippen LogP contribution >= 0.6 is 11.3 Å². The molecule has 0 bridgehead atoms. The summed E-state index contributed by atoms with van der Waals surface area (Å²) >= 11 is 1.50. The van der Waals surface area contributed by atoms with Gasteiger partial charge in [-0.2, -0.15) is 4.68 Å². The first kappa shape index (κ1) is 20.1. The van der Waals surface area contributed by atoms with Gasteiger partial charge < -0.3 is 4.74 Å². The molecular formula is C23H24N4O2S. The number of fused-ring (bicyclic) bond motifs is 1. The highest BCUT2D eigenvalue weighted by Crippen LogP contribution is 2.24. The van der Waals surface area contributed by atoms with Gasteiger partial charge >= 0.3 is 0 Å². The van der Waals surface area contributed by atoms with Gasteiger partial charge in [0.05, 0.1) is 29.4 Å². The van der Waals surface area contributed by atoms with Crippen LogP contribution in [-0.2, 0) is 13.0 Å². The number of hydrogen-bond donors (Lipinski definition) is 1. The van der Waals surface area contributed by atoms with E-state index in [1.165, 1.54) is 11.3 Å². The smallest absolute Gasteiger partial charge is 0.282 e. The van der Waals surface area contributed by atoms with Gasteiger partial charge in [0.2, 0.25) is 5.13 Å². The third-order valence-corrected chi connectivity index (χ3v) is 5.98. The molecule has 0 amide bonds. The van der Waals surface area contributed by atoms with Crippen LogP contribution in [0.5, 0.6) is 5.75 Å². The van der Waals surface area contributed by atoms with Gasteiger partial charge in [-0.05, 0) is 43.2 Å². The van der Waals surface area contributed by atoms with Crippen molar-refractivity contribution in [2.24, 2.45) is 4.99 Å². The average molecular weight is 421 g/mol. The van der Waals surface area contributed by atoms with Crippen molar-refractivity contribution in [2.75, 3.05) is 7.11 Å². The zero-order valence-corrected chi connectivity index (χ0v) is 18.1. The second-order valence-corrected chi connectivity index (χ2v) is 8.08. The molecule has 0 saturated heterocycles. The zero-order valence-electron chi connectivity index (χ0n) is 17.3. The minimum Gasteiger partial charge on any atom is -0.497 e. The molecule has 1 N–H and O–H groups in total. The molecule has 4 aromatic rings. The van der Waals surface area contributed by atoms with Crippen molar-refractivity contribution < 1.29 is 4.74 Å². The largest absolute Gasteiger partial charge is 0.497 e. The summed E-state index contributed by atoms with van der Waals surface area (Å²) in [4.78, 5) is 22.6. The van der Waals surface area contributed by atoms with Crippen molar-refractivity contribution in [2.45, 2.75) is 33.2 Å². The molecule has 0 spiro atoms. The number of para-hydroxylation sites is 1. The van der Waals surface area contributed by atoms with Gasteiger partial charge in [-0.1, -0.05) is 48.9 Å². The van der Waals surface area contributed by atoms with E-state index in [9.17, 15) is 4.79 Å². The first-order valence-electron chi connectivity index (χ1n) is 9.95. The molecule has 0 radical (unpaired) electrons. The number of methoxy groups -OCH3 is 1. The molecule has 0 aliphatic heterocycles. The van der Waals surface area contributed by atoms with Crippen LogP contribution in [0.1, 0.15) is 37.1 Å². The molecule has 2 aromatic carbocycles. The number of ether oxygens (including phenoxy) is 1. The van der Waals surface area contributed by atoms with Crippen LogP contribution in [0.2, 0.25) is 0 Å². The maximum atomic E-state index is 13.3. The van der Waals surface area contributed by atoms with Crippen LogP contribution in [0.25, 0.3) is 15.3 Å². The Kier molecular flexibility index (Phi) is 5.81. The Morgan fingerprint density at radius 2 is 1.97 bits per heavy atom. The molecule has 154 valence electrons. The quantitative estimate of drug-likeness (QED) is 0.439. The molecule has 0 fully saturated rings. The summed E-state index contributed by atoms with van der Waals surface area (Å²) in [6, 6.07) is 15.7. The Balaban J connectivity index is 1.69. The highest BCUT2D eigenvalue weighted by molar-refractivity contribution is 7.20. The van der Waals surface area contributed by atoms with Crippen LogP contribution in [0.15, 0.2) is 58.3 Å². The van der Waals surface area contributed by atoms with Crippen LogP contribution < -0.4 is 10.3 Å². The lowest BCUT2D eigenvalue weighted by Gasteiger charge is -2.03. The summed E-state index contributed by atoms with van der Waals surface area (Å²) in [5.74, 6) is 0.814. The van der Waals surface area contributed by atoms with Gasteiger partial charge in [0.1, 0.15) is 5.75 Å². The van der Waals surface area contributed by atoms with Crippen LogP contribution in [0, 0.1) is 0 Å². The summed E-state index contributed by atoms with van der Waals surface area (Å²) in [6.45, 7) is 4.50. The summed E-state index contributed by atoms with van der Waals surface area (Å²) in [5.41, 5.74) is 4.13. The van der Waals surface area contributed by atoms with E-state index in [-0.39, 0.29) is 5.56 Å². The fourth-order valence-electron chi connectivity index (χ4n) is 3.40. The third-order valence-electron chi connectivity index (χ3n) is 4.96. The van der Waals surface area contributed by atoms with E-state index in [1.54, 1.807) is 11.8 Å². The molecule has 7 heteroatoms. The Morgan fingerprint density at radius 3 is 2.67 bits per heavy atom. The SMILES string of the molecule is CCCc1[nH]n(-c2nc3ccccc3s2)c(=O)c1C(C)=NCc1ccc(OC)cc1. The Hall–Kier alpha value is -3.19. The molecule has 4 rings (SSSR count). The number of nitrogens with zero attached hydrogens (tertiary/aromatic N) is 3. The predicted molar refractivity (Wildman–Crippen MR) is 122 cm³/mol. The summed E-state index contributed by atoms with van der Waals surface area (Å²) in [5, 5.41) is 3.92. The zero-order chi connectivity index (χ0) is 21.1. The molecule has 0 atom stereocenters. The van der Waals surface area contributed by atoms with Gasteiger partial charge in [-0.25, -0.2) is 4.98 Å². The van der Waals surface area contributed by atoms with Gasteiger partial charge in [0.15, 0.2) is 0 Å². The summed E-state index contributed by atoms with van der Waals surface area (Å²) in [7, 11) is 1.65. The Labute approximate surface area is 178 Å². The van der Waals surface area contributed by atoms with E-state index >= 15 is 0 Å². The molecule has 0 saturated carbocycles. The van der Waals surface area contributed by atoms with E-state index in [4.69, 9.17) is 9.73 Å². The molecule has 2 aromatic heterocycles. The van der Waals surface area contributed by atoms with Gasteiger partial charge in [0.25, 0.3) is 5.56 Å². The molecule has 0 unspecified atom stereocenters. The summed E-state index contributed by atoms with van der Waals surface area (Å²) in [6.07, 6.45) is 1.70. The van der Waals surface area contributed by atoms with Gasteiger partial charge in [-0.15, -0.1) is 0 Å². The second kappa shape index (κ2) is 8.67. The van der Waals surface area contributed by atoms with E-state index in [0.717, 1.165) is 45.8 Å². The van der Waals surface area contributed by atoms with Crippen molar-refractivity contribution in [3.8, 4) is 10.9 Å². The van der Waals surface area contributed by atoms with Crippen LogP contribution in [-0.4, -0.2) is 27.6 Å². The monoisotopic (exact) mass is 420 g/mol. The number of hydrogen-bond acceptors (Lipinski definition) is 5. The minimum atomic E-state index is -0.103. The van der Waals surface area contributed by atoms with Crippen molar-refractivity contribution in [3.63, 3.8) is 0 Å². The molecular weight excluding hydrogens is 396 g/mol. The second-order valence-electron chi connectivity index (χ2n) is 7.07. The fourth-order valence-corrected chi connectivity index (χ4v) is 4.32. The number of benzene rings is 2. The fraction of sp³-hybridized carbons (Fsp3) is 0.261. The lowest BCUT2D eigenvalue weighted by atomic mass is 10.1. The lowest BCUT2D eigenvalue weighted by molar-refractivity contribution is 0.414. The summed E-state index contributed by atoms with van der Waals surface area (Å²) < 4.78 is 7.81. The Bertz CT molecular complexity index is 1220. The first-order chi connectivity index (χ1) is 14.6. The number of aromatic amines is 1.